The fourth-order valence-corrected chi connectivity index (χ4v) is 5.45. The Bertz CT molecular complexity index is 1090. The van der Waals surface area contributed by atoms with E-state index in [9.17, 15) is 9.59 Å². The molecule has 2 aliphatic rings. The Morgan fingerprint density at radius 2 is 1.88 bits per heavy atom. The van der Waals surface area contributed by atoms with Crippen LogP contribution in [0.15, 0.2) is 65.6 Å². The number of nitrogens with one attached hydrogen (secondary N) is 1. The van der Waals surface area contributed by atoms with Gasteiger partial charge in [0.15, 0.2) is 0 Å². The van der Waals surface area contributed by atoms with Crippen molar-refractivity contribution in [2.45, 2.75) is 43.2 Å². The summed E-state index contributed by atoms with van der Waals surface area (Å²) in [6.45, 7) is 0.759. The minimum absolute atomic E-state index is 0.0184. The highest BCUT2D eigenvalue weighted by molar-refractivity contribution is 7.08. The molecule has 7 heteroatoms. The van der Waals surface area contributed by atoms with E-state index in [-0.39, 0.29) is 29.3 Å². The molecule has 2 aromatic heterocycles. The summed E-state index contributed by atoms with van der Waals surface area (Å²) in [7, 11) is 0. The van der Waals surface area contributed by atoms with Crippen LogP contribution in [0.3, 0.4) is 0 Å². The van der Waals surface area contributed by atoms with Gasteiger partial charge in [-0.15, -0.1) is 0 Å². The third-order valence-electron chi connectivity index (χ3n) is 6.70. The molecule has 0 spiro atoms. The number of anilines is 1. The van der Waals surface area contributed by atoms with Crippen molar-refractivity contribution in [2.75, 3.05) is 11.9 Å². The number of carbonyl (C=O) groups is 2. The molecule has 1 aromatic carbocycles. The predicted molar refractivity (Wildman–Crippen MR) is 126 cm³/mol. The molecule has 2 fully saturated rings. The van der Waals surface area contributed by atoms with E-state index < -0.39 is 0 Å². The van der Waals surface area contributed by atoms with Gasteiger partial charge in [0, 0.05) is 30.2 Å². The summed E-state index contributed by atoms with van der Waals surface area (Å²) in [5, 5.41) is 7.01. The molecule has 3 N–H and O–H groups in total. The van der Waals surface area contributed by atoms with Gasteiger partial charge in [-0.2, -0.15) is 11.3 Å². The SMILES string of the molecule is NC(c1ccc(C(=O)Nc2ccncc2)cc1)C1CCCN1C(=O)C1(c2ccsc2)CC1. The van der Waals surface area contributed by atoms with Crippen molar-refractivity contribution in [3.8, 4) is 0 Å². The molecule has 0 bridgehead atoms. The highest BCUT2D eigenvalue weighted by atomic mass is 32.1. The number of nitrogens with zero attached hydrogens (tertiary/aromatic N) is 2. The predicted octanol–water partition coefficient (Wildman–Crippen LogP) is 4.12. The molecule has 6 nitrogen and oxygen atoms in total. The monoisotopic (exact) mass is 446 g/mol. The van der Waals surface area contributed by atoms with E-state index in [1.807, 2.05) is 22.4 Å². The lowest BCUT2D eigenvalue weighted by atomic mass is 9.93. The molecule has 5 rings (SSSR count). The molecular weight excluding hydrogens is 420 g/mol. The van der Waals surface area contributed by atoms with Crippen molar-refractivity contribution in [3.05, 3.63) is 82.3 Å². The van der Waals surface area contributed by atoms with E-state index in [1.165, 1.54) is 0 Å². The van der Waals surface area contributed by atoms with Gasteiger partial charge < -0.3 is 16.0 Å². The number of benzene rings is 1. The fraction of sp³-hybridized carbons (Fsp3) is 0.320. The minimum atomic E-state index is -0.336. The number of hydrogen-bond acceptors (Lipinski definition) is 5. The zero-order valence-electron chi connectivity index (χ0n) is 17.7. The number of likely N-dealkylation sites (tertiary alicyclic amines) is 1. The van der Waals surface area contributed by atoms with Crippen LogP contribution in [0.1, 0.15) is 53.2 Å². The molecule has 3 heterocycles. The third kappa shape index (κ3) is 3.82. The molecule has 1 aliphatic heterocycles. The van der Waals surface area contributed by atoms with Gasteiger partial charge in [-0.3, -0.25) is 14.6 Å². The number of carbonyl (C=O) groups excluding carboxylic acids is 2. The van der Waals surface area contributed by atoms with Crippen LogP contribution in [0.2, 0.25) is 0 Å². The van der Waals surface area contributed by atoms with E-state index >= 15 is 0 Å². The van der Waals surface area contributed by atoms with E-state index in [0.29, 0.717) is 11.3 Å². The Labute approximate surface area is 191 Å². The maximum absolute atomic E-state index is 13.5. The van der Waals surface area contributed by atoms with Crippen molar-refractivity contribution in [2.24, 2.45) is 5.73 Å². The minimum Gasteiger partial charge on any atom is -0.337 e. The highest BCUT2D eigenvalue weighted by Crippen LogP contribution is 2.51. The topological polar surface area (TPSA) is 88.3 Å². The van der Waals surface area contributed by atoms with Gasteiger partial charge in [0.2, 0.25) is 5.91 Å². The summed E-state index contributed by atoms with van der Waals surface area (Å²) in [5.41, 5.74) is 9.68. The lowest BCUT2D eigenvalue weighted by Gasteiger charge is -2.32. The Morgan fingerprint density at radius 3 is 2.53 bits per heavy atom. The second-order valence-corrected chi connectivity index (χ2v) is 9.42. The van der Waals surface area contributed by atoms with Gasteiger partial charge in [-0.1, -0.05) is 12.1 Å². The van der Waals surface area contributed by atoms with Crippen LogP contribution < -0.4 is 11.1 Å². The van der Waals surface area contributed by atoms with Gasteiger partial charge in [0.1, 0.15) is 0 Å². The Morgan fingerprint density at radius 1 is 1.12 bits per heavy atom. The number of aromatic nitrogens is 1. The van der Waals surface area contributed by atoms with Crippen LogP contribution in [-0.2, 0) is 10.2 Å². The number of pyridine rings is 1. The van der Waals surface area contributed by atoms with Crippen LogP contribution in [0.25, 0.3) is 0 Å². The van der Waals surface area contributed by atoms with Gasteiger partial charge in [0.25, 0.3) is 5.91 Å². The third-order valence-corrected chi connectivity index (χ3v) is 7.39. The number of amides is 2. The van der Waals surface area contributed by atoms with E-state index in [2.05, 4.69) is 21.7 Å². The molecule has 164 valence electrons. The molecule has 2 amide bonds. The van der Waals surface area contributed by atoms with E-state index in [0.717, 1.165) is 43.4 Å². The Hall–Kier alpha value is -3.03. The van der Waals surface area contributed by atoms with Crippen LogP contribution in [0.5, 0.6) is 0 Å². The van der Waals surface area contributed by atoms with Crippen molar-refractivity contribution in [1.82, 2.24) is 9.88 Å². The summed E-state index contributed by atoms with van der Waals surface area (Å²) in [6, 6.07) is 12.7. The molecule has 1 aliphatic carbocycles. The first-order valence-corrected chi connectivity index (χ1v) is 11.9. The molecule has 3 aromatic rings. The second-order valence-electron chi connectivity index (χ2n) is 8.64. The summed E-state index contributed by atoms with van der Waals surface area (Å²) in [5.74, 6) is 0.0441. The first kappa shape index (κ1) is 20.8. The lowest BCUT2D eigenvalue weighted by Crippen LogP contribution is -2.46. The standard InChI is InChI=1S/C25H26N4O2S/c26-22(17-3-5-18(6-4-17)23(30)28-20-7-12-27-13-8-20)21-2-1-14-29(21)24(31)25(10-11-25)19-9-15-32-16-19/h3-9,12-13,15-16,21-22H,1-2,10-11,14,26H2,(H,27,28,30). The molecule has 1 saturated heterocycles. The largest absolute Gasteiger partial charge is 0.337 e. The van der Waals surface area contributed by atoms with Crippen molar-refractivity contribution >= 4 is 28.8 Å². The van der Waals surface area contributed by atoms with Gasteiger partial charge in [0.05, 0.1) is 17.5 Å². The van der Waals surface area contributed by atoms with Crippen LogP contribution in [-0.4, -0.2) is 34.3 Å². The van der Waals surface area contributed by atoms with E-state index in [4.69, 9.17) is 5.73 Å². The first-order valence-electron chi connectivity index (χ1n) is 11.0. The average molecular weight is 447 g/mol. The molecule has 2 atom stereocenters. The Kier molecular flexibility index (Phi) is 5.53. The highest BCUT2D eigenvalue weighted by Gasteiger charge is 2.55. The second kappa shape index (κ2) is 8.48. The molecular formula is C25H26N4O2S. The summed E-state index contributed by atoms with van der Waals surface area (Å²) in [4.78, 5) is 32.0. The average Bonchev–Trinajstić information content (AvgIpc) is 3.23. The number of hydrogen-bond donors (Lipinski definition) is 2. The normalized spacial score (nSPS) is 20.0. The quantitative estimate of drug-likeness (QED) is 0.596. The van der Waals surface area contributed by atoms with E-state index in [1.54, 1.807) is 48.0 Å². The molecule has 0 radical (unpaired) electrons. The van der Waals surface area contributed by atoms with Gasteiger partial charge in [-0.25, -0.2) is 0 Å². The maximum atomic E-state index is 13.5. The number of thiophene rings is 1. The smallest absolute Gasteiger partial charge is 0.255 e. The number of rotatable bonds is 6. The summed E-state index contributed by atoms with van der Waals surface area (Å²) >= 11 is 1.64. The van der Waals surface area contributed by atoms with Crippen LogP contribution in [0.4, 0.5) is 5.69 Å². The first-order chi connectivity index (χ1) is 15.6. The van der Waals surface area contributed by atoms with Crippen molar-refractivity contribution in [1.29, 1.82) is 0 Å². The molecule has 32 heavy (non-hydrogen) atoms. The lowest BCUT2D eigenvalue weighted by molar-refractivity contribution is -0.135. The van der Waals surface area contributed by atoms with Crippen LogP contribution in [0, 0.1) is 0 Å². The fourth-order valence-electron chi connectivity index (χ4n) is 4.70. The molecule has 1 saturated carbocycles. The van der Waals surface area contributed by atoms with Crippen molar-refractivity contribution < 1.29 is 9.59 Å². The van der Waals surface area contributed by atoms with Gasteiger partial charge in [-0.05, 0) is 77.9 Å². The number of nitrogens with two attached hydrogens (primary N) is 1. The maximum Gasteiger partial charge on any atom is 0.255 e. The summed E-state index contributed by atoms with van der Waals surface area (Å²) < 4.78 is 0. The Balaban J connectivity index is 1.29. The van der Waals surface area contributed by atoms with Gasteiger partial charge >= 0.3 is 0 Å². The zero-order chi connectivity index (χ0) is 22.1. The van der Waals surface area contributed by atoms with Crippen molar-refractivity contribution in [3.63, 3.8) is 0 Å². The molecule has 2 unspecified atom stereocenters. The van der Waals surface area contributed by atoms with Crippen LogP contribution >= 0.6 is 11.3 Å². The summed E-state index contributed by atoms with van der Waals surface area (Å²) in [6.07, 6.45) is 6.98. The zero-order valence-corrected chi connectivity index (χ0v) is 18.6.